The molecule has 1 aromatic carbocycles. The Balaban J connectivity index is 2.29. The summed E-state index contributed by atoms with van der Waals surface area (Å²) >= 11 is 0. The maximum absolute atomic E-state index is 11.6. The number of ether oxygens (including phenoxy) is 1. The first kappa shape index (κ1) is 16.5. The van der Waals surface area contributed by atoms with E-state index in [2.05, 4.69) is 31.3 Å². The van der Waals surface area contributed by atoms with Gasteiger partial charge in [0.05, 0.1) is 12.6 Å². The lowest BCUT2D eigenvalue weighted by Gasteiger charge is -2.15. The van der Waals surface area contributed by atoms with E-state index < -0.39 is 6.04 Å². The van der Waals surface area contributed by atoms with Crippen molar-refractivity contribution in [3.8, 4) is 5.75 Å². The van der Waals surface area contributed by atoms with Gasteiger partial charge >= 0.3 is 0 Å². The van der Waals surface area contributed by atoms with Crippen LogP contribution in [0.5, 0.6) is 5.75 Å². The normalized spacial score (nSPS) is 12.6. The van der Waals surface area contributed by atoms with E-state index >= 15 is 0 Å². The van der Waals surface area contributed by atoms with Crippen molar-refractivity contribution < 1.29 is 9.53 Å². The van der Waals surface area contributed by atoms with Gasteiger partial charge in [0, 0.05) is 0 Å². The molecule has 3 N–H and O–H groups in total. The monoisotopic (exact) mass is 278 g/mol. The number of hydrogen-bond acceptors (Lipinski definition) is 3. The first-order valence-electron chi connectivity index (χ1n) is 7.18. The summed E-state index contributed by atoms with van der Waals surface area (Å²) in [4.78, 5) is 11.6. The second-order valence-electron chi connectivity index (χ2n) is 5.63. The highest BCUT2D eigenvalue weighted by Crippen LogP contribution is 2.18. The van der Waals surface area contributed by atoms with Gasteiger partial charge in [-0.2, -0.15) is 0 Å². The van der Waals surface area contributed by atoms with Gasteiger partial charge in [0.2, 0.25) is 5.91 Å². The largest absolute Gasteiger partial charge is 0.492 e. The number of carbonyl (C=O) groups excluding carboxylic acids is 1. The fourth-order valence-electron chi connectivity index (χ4n) is 1.71. The summed E-state index contributed by atoms with van der Waals surface area (Å²) in [5.74, 6) is 1.34. The Morgan fingerprint density at radius 3 is 2.30 bits per heavy atom. The molecule has 0 fully saturated rings. The molecule has 0 aliphatic carbocycles. The van der Waals surface area contributed by atoms with Crippen molar-refractivity contribution in [2.75, 3.05) is 13.2 Å². The van der Waals surface area contributed by atoms with Crippen LogP contribution < -0.4 is 15.8 Å². The Morgan fingerprint density at radius 2 is 1.80 bits per heavy atom. The molecule has 4 heteroatoms. The summed E-state index contributed by atoms with van der Waals surface area (Å²) in [6.45, 7) is 9.07. The second-order valence-corrected chi connectivity index (χ2v) is 5.63. The number of benzene rings is 1. The highest BCUT2D eigenvalue weighted by molar-refractivity contribution is 5.81. The average Bonchev–Trinajstić information content (AvgIpc) is 2.42. The van der Waals surface area contributed by atoms with E-state index in [0.717, 1.165) is 5.75 Å². The molecule has 0 saturated heterocycles. The van der Waals surface area contributed by atoms with Crippen molar-refractivity contribution >= 4 is 5.91 Å². The van der Waals surface area contributed by atoms with Crippen LogP contribution in [0.4, 0.5) is 0 Å². The van der Waals surface area contributed by atoms with Gasteiger partial charge in [0.1, 0.15) is 12.4 Å². The lowest BCUT2D eigenvalue weighted by atomic mass is 10.0. The molecular formula is C16H26N2O2. The molecule has 0 aliphatic rings. The highest BCUT2D eigenvalue weighted by atomic mass is 16.5. The van der Waals surface area contributed by atoms with Crippen LogP contribution in [0.25, 0.3) is 0 Å². The Morgan fingerprint density at radius 1 is 1.20 bits per heavy atom. The minimum absolute atomic E-state index is 0.126. The zero-order chi connectivity index (χ0) is 15.1. The smallest absolute Gasteiger partial charge is 0.237 e. The molecule has 0 unspecified atom stereocenters. The van der Waals surface area contributed by atoms with Crippen LogP contribution in [-0.2, 0) is 4.79 Å². The SMILES string of the molecule is CC(C)c1ccc(OCCNC(=O)[C@@H](N)C(C)C)cc1. The van der Waals surface area contributed by atoms with E-state index in [1.807, 2.05) is 26.0 Å². The zero-order valence-corrected chi connectivity index (χ0v) is 12.8. The third-order valence-electron chi connectivity index (χ3n) is 3.24. The average molecular weight is 278 g/mol. The van der Waals surface area contributed by atoms with Crippen LogP contribution >= 0.6 is 0 Å². The van der Waals surface area contributed by atoms with E-state index in [-0.39, 0.29) is 11.8 Å². The van der Waals surface area contributed by atoms with Crippen LogP contribution in [0.1, 0.15) is 39.2 Å². The van der Waals surface area contributed by atoms with Crippen LogP contribution in [0, 0.1) is 5.92 Å². The maximum atomic E-state index is 11.6. The van der Waals surface area contributed by atoms with Crippen LogP contribution in [0.2, 0.25) is 0 Å². The summed E-state index contributed by atoms with van der Waals surface area (Å²) in [5.41, 5.74) is 7.03. The number of rotatable bonds is 7. The van der Waals surface area contributed by atoms with E-state index in [1.165, 1.54) is 5.56 Å². The summed E-state index contributed by atoms with van der Waals surface area (Å²) in [5, 5.41) is 2.77. The van der Waals surface area contributed by atoms with Crippen LogP contribution in [-0.4, -0.2) is 25.1 Å². The third kappa shape index (κ3) is 5.21. The molecule has 0 heterocycles. The lowest BCUT2D eigenvalue weighted by Crippen LogP contribution is -2.45. The number of amides is 1. The molecule has 4 nitrogen and oxygen atoms in total. The third-order valence-corrected chi connectivity index (χ3v) is 3.24. The number of hydrogen-bond donors (Lipinski definition) is 2. The molecule has 0 spiro atoms. The van der Waals surface area contributed by atoms with E-state index in [0.29, 0.717) is 19.1 Å². The number of nitrogens with one attached hydrogen (secondary N) is 1. The van der Waals surface area contributed by atoms with Crippen molar-refractivity contribution in [2.24, 2.45) is 11.7 Å². The van der Waals surface area contributed by atoms with Gasteiger partial charge in [0.25, 0.3) is 0 Å². The second kappa shape index (κ2) is 7.90. The van der Waals surface area contributed by atoms with E-state index in [9.17, 15) is 4.79 Å². The molecule has 20 heavy (non-hydrogen) atoms. The molecule has 1 atom stereocenters. The van der Waals surface area contributed by atoms with Gasteiger partial charge in [-0.15, -0.1) is 0 Å². The van der Waals surface area contributed by atoms with Gasteiger partial charge < -0.3 is 15.8 Å². The van der Waals surface area contributed by atoms with Crippen LogP contribution in [0.15, 0.2) is 24.3 Å². The molecule has 112 valence electrons. The van der Waals surface area contributed by atoms with E-state index in [4.69, 9.17) is 10.5 Å². The zero-order valence-electron chi connectivity index (χ0n) is 12.8. The summed E-state index contributed by atoms with van der Waals surface area (Å²) in [6, 6.07) is 7.58. The Labute approximate surface area is 121 Å². The molecule has 0 saturated carbocycles. The molecule has 0 aliphatic heterocycles. The fourth-order valence-corrected chi connectivity index (χ4v) is 1.71. The first-order valence-corrected chi connectivity index (χ1v) is 7.18. The summed E-state index contributed by atoms with van der Waals surface area (Å²) in [7, 11) is 0. The quantitative estimate of drug-likeness (QED) is 0.752. The molecule has 1 amide bonds. The van der Waals surface area contributed by atoms with Gasteiger partial charge in [-0.1, -0.05) is 39.8 Å². The maximum Gasteiger partial charge on any atom is 0.237 e. The van der Waals surface area contributed by atoms with Crippen molar-refractivity contribution in [2.45, 2.75) is 39.7 Å². The predicted molar refractivity (Wildman–Crippen MR) is 81.8 cm³/mol. The Bertz CT molecular complexity index is 413. The minimum Gasteiger partial charge on any atom is -0.492 e. The molecular weight excluding hydrogens is 252 g/mol. The molecule has 1 aromatic rings. The summed E-state index contributed by atoms with van der Waals surface area (Å²) in [6.07, 6.45) is 0. The van der Waals surface area contributed by atoms with Gasteiger partial charge in [-0.05, 0) is 29.5 Å². The Hall–Kier alpha value is -1.55. The van der Waals surface area contributed by atoms with Crippen molar-refractivity contribution in [1.82, 2.24) is 5.32 Å². The lowest BCUT2D eigenvalue weighted by molar-refractivity contribution is -0.123. The van der Waals surface area contributed by atoms with Gasteiger partial charge in [-0.25, -0.2) is 0 Å². The number of nitrogens with two attached hydrogens (primary N) is 1. The number of carbonyl (C=O) groups is 1. The van der Waals surface area contributed by atoms with Crippen molar-refractivity contribution in [1.29, 1.82) is 0 Å². The molecule has 1 rings (SSSR count). The minimum atomic E-state index is -0.458. The molecule has 0 bridgehead atoms. The van der Waals surface area contributed by atoms with Gasteiger partial charge in [0.15, 0.2) is 0 Å². The topological polar surface area (TPSA) is 64.3 Å². The van der Waals surface area contributed by atoms with Crippen molar-refractivity contribution in [3.63, 3.8) is 0 Å². The first-order chi connectivity index (χ1) is 9.41. The standard InChI is InChI=1S/C16H26N2O2/c1-11(2)13-5-7-14(8-6-13)20-10-9-18-16(19)15(17)12(3)4/h5-8,11-12,15H,9-10,17H2,1-4H3,(H,18,19)/t15-/m0/s1. The molecule has 0 radical (unpaired) electrons. The van der Waals surface area contributed by atoms with Crippen LogP contribution in [0.3, 0.4) is 0 Å². The predicted octanol–water partition coefficient (Wildman–Crippen LogP) is 2.29. The van der Waals surface area contributed by atoms with Gasteiger partial charge in [-0.3, -0.25) is 4.79 Å². The molecule has 0 aromatic heterocycles. The summed E-state index contributed by atoms with van der Waals surface area (Å²) < 4.78 is 5.58. The highest BCUT2D eigenvalue weighted by Gasteiger charge is 2.16. The Kier molecular flexibility index (Phi) is 6.52. The fraction of sp³-hybridized carbons (Fsp3) is 0.562. The van der Waals surface area contributed by atoms with Crippen molar-refractivity contribution in [3.05, 3.63) is 29.8 Å². The van der Waals surface area contributed by atoms with E-state index in [1.54, 1.807) is 0 Å².